The van der Waals surface area contributed by atoms with E-state index in [2.05, 4.69) is 40.4 Å². The summed E-state index contributed by atoms with van der Waals surface area (Å²) in [4.78, 5) is 0. The molecule has 0 bridgehead atoms. The first-order valence-corrected chi connectivity index (χ1v) is 6.94. The van der Waals surface area contributed by atoms with E-state index in [1.165, 1.54) is 32.1 Å². The van der Waals surface area contributed by atoms with Crippen molar-refractivity contribution in [1.29, 1.82) is 0 Å². The smallest absolute Gasteiger partial charge is 0.0964 e. The molecule has 1 aliphatic rings. The van der Waals surface area contributed by atoms with E-state index in [4.69, 9.17) is 0 Å². The van der Waals surface area contributed by atoms with Gasteiger partial charge in [0.25, 0.3) is 0 Å². The quantitative estimate of drug-likeness (QED) is 0.854. The minimum absolute atomic E-state index is 0.580. The van der Waals surface area contributed by atoms with Crippen LogP contribution in [0.25, 0.3) is 0 Å². The second kappa shape index (κ2) is 6.15. The molecule has 0 aromatic carbocycles. The first-order chi connectivity index (χ1) is 8.33. The zero-order valence-corrected chi connectivity index (χ0v) is 11.0. The summed E-state index contributed by atoms with van der Waals surface area (Å²) < 4.78 is 2.09. The zero-order chi connectivity index (χ0) is 12.1. The van der Waals surface area contributed by atoms with Gasteiger partial charge in [0.15, 0.2) is 0 Å². The molecule has 2 rings (SSSR count). The van der Waals surface area contributed by atoms with E-state index in [-0.39, 0.29) is 0 Å². The number of hydrogen-bond acceptors (Lipinski definition) is 3. The maximum atomic E-state index is 4.29. The summed E-state index contributed by atoms with van der Waals surface area (Å²) >= 11 is 0. The molecule has 0 amide bonds. The fourth-order valence-corrected chi connectivity index (χ4v) is 2.70. The van der Waals surface area contributed by atoms with Crippen molar-refractivity contribution < 1.29 is 0 Å². The molecule has 2 unspecified atom stereocenters. The minimum Gasteiger partial charge on any atom is -0.311 e. The molecule has 0 radical (unpaired) electrons. The number of rotatable bonds is 5. The molecule has 0 spiro atoms. The summed E-state index contributed by atoms with van der Waals surface area (Å²) in [5.74, 6) is 0.884. The van der Waals surface area contributed by atoms with Gasteiger partial charge in [-0.15, -0.1) is 5.10 Å². The average Bonchev–Trinajstić information content (AvgIpc) is 2.85. The summed E-state index contributed by atoms with van der Waals surface area (Å²) in [7, 11) is 0. The molecule has 17 heavy (non-hydrogen) atoms. The number of nitrogens with zero attached hydrogens (tertiary/aromatic N) is 3. The van der Waals surface area contributed by atoms with Crippen molar-refractivity contribution in [3.8, 4) is 0 Å². The maximum Gasteiger partial charge on any atom is 0.0964 e. The molecular formula is C13H24N4. The van der Waals surface area contributed by atoms with Gasteiger partial charge in [0.1, 0.15) is 0 Å². The van der Waals surface area contributed by atoms with Crippen LogP contribution in [0.3, 0.4) is 0 Å². The van der Waals surface area contributed by atoms with Gasteiger partial charge < -0.3 is 5.32 Å². The summed E-state index contributed by atoms with van der Waals surface area (Å²) in [5.41, 5.74) is 1.06. The van der Waals surface area contributed by atoms with E-state index in [1.54, 1.807) is 0 Å². The average molecular weight is 236 g/mol. The van der Waals surface area contributed by atoms with Crippen LogP contribution in [0.2, 0.25) is 0 Å². The van der Waals surface area contributed by atoms with Crippen LogP contribution in [-0.2, 0) is 6.54 Å². The maximum absolute atomic E-state index is 4.29. The standard InChI is InChI=1S/C13H24N4/c1-3-11-6-5-7-13(8-11)17-10-12(15-16-17)9-14-4-2/h10-11,13-14H,3-9H2,1-2H3. The Hall–Kier alpha value is -0.900. The van der Waals surface area contributed by atoms with Crippen molar-refractivity contribution in [2.45, 2.75) is 58.5 Å². The normalized spacial score (nSPS) is 25.1. The number of hydrogen-bond donors (Lipinski definition) is 1. The lowest BCUT2D eigenvalue weighted by Crippen LogP contribution is -2.19. The molecule has 1 saturated carbocycles. The van der Waals surface area contributed by atoms with Crippen LogP contribution in [0.5, 0.6) is 0 Å². The molecular weight excluding hydrogens is 212 g/mol. The zero-order valence-electron chi connectivity index (χ0n) is 11.0. The SMILES string of the molecule is CCNCc1cn(C2CCCC(CC)C2)nn1. The van der Waals surface area contributed by atoms with E-state index in [9.17, 15) is 0 Å². The fourth-order valence-electron chi connectivity index (χ4n) is 2.70. The lowest BCUT2D eigenvalue weighted by molar-refractivity contribution is 0.245. The van der Waals surface area contributed by atoms with Gasteiger partial charge >= 0.3 is 0 Å². The van der Waals surface area contributed by atoms with Crippen LogP contribution < -0.4 is 5.32 Å². The van der Waals surface area contributed by atoms with E-state index in [1.807, 2.05) is 0 Å². The lowest BCUT2D eigenvalue weighted by atomic mass is 9.84. The highest BCUT2D eigenvalue weighted by Crippen LogP contribution is 2.33. The highest BCUT2D eigenvalue weighted by molar-refractivity contribution is 4.93. The second-order valence-corrected chi connectivity index (χ2v) is 5.06. The Balaban J connectivity index is 1.94. The van der Waals surface area contributed by atoms with E-state index in [0.717, 1.165) is 24.7 Å². The molecule has 1 N–H and O–H groups in total. The molecule has 1 heterocycles. The Bertz CT molecular complexity index is 334. The largest absolute Gasteiger partial charge is 0.311 e. The van der Waals surface area contributed by atoms with E-state index < -0.39 is 0 Å². The van der Waals surface area contributed by atoms with Crippen LogP contribution in [0.15, 0.2) is 6.20 Å². The molecule has 1 aliphatic carbocycles. The van der Waals surface area contributed by atoms with Crippen molar-refractivity contribution in [3.05, 3.63) is 11.9 Å². The third-order valence-electron chi connectivity index (χ3n) is 3.82. The summed E-state index contributed by atoms with van der Waals surface area (Å²) in [6, 6.07) is 0.580. The molecule has 0 aliphatic heterocycles. The Morgan fingerprint density at radius 1 is 1.41 bits per heavy atom. The third kappa shape index (κ3) is 3.28. The van der Waals surface area contributed by atoms with Crippen LogP contribution in [0.4, 0.5) is 0 Å². The minimum atomic E-state index is 0.580. The molecule has 1 fully saturated rings. The Labute approximate surface area is 104 Å². The van der Waals surface area contributed by atoms with Gasteiger partial charge in [0.2, 0.25) is 0 Å². The van der Waals surface area contributed by atoms with Crippen molar-refractivity contribution in [2.24, 2.45) is 5.92 Å². The van der Waals surface area contributed by atoms with E-state index in [0.29, 0.717) is 6.04 Å². The number of nitrogens with one attached hydrogen (secondary N) is 1. The van der Waals surface area contributed by atoms with E-state index >= 15 is 0 Å². The highest BCUT2D eigenvalue weighted by Gasteiger charge is 2.22. The third-order valence-corrected chi connectivity index (χ3v) is 3.82. The second-order valence-electron chi connectivity index (χ2n) is 5.06. The monoisotopic (exact) mass is 236 g/mol. The fraction of sp³-hybridized carbons (Fsp3) is 0.846. The summed E-state index contributed by atoms with van der Waals surface area (Å²) in [6.07, 6.45) is 8.69. The number of aromatic nitrogens is 3. The lowest BCUT2D eigenvalue weighted by Gasteiger charge is -2.28. The summed E-state index contributed by atoms with van der Waals surface area (Å²) in [6.45, 7) is 6.22. The molecule has 96 valence electrons. The first-order valence-electron chi connectivity index (χ1n) is 6.94. The molecule has 1 aromatic rings. The topological polar surface area (TPSA) is 42.7 Å². The molecule has 1 aromatic heterocycles. The van der Waals surface area contributed by atoms with Gasteiger partial charge in [0.05, 0.1) is 17.9 Å². The van der Waals surface area contributed by atoms with Crippen LogP contribution in [0, 0.1) is 5.92 Å². The van der Waals surface area contributed by atoms with Gasteiger partial charge in [0, 0.05) is 6.54 Å². The van der Waals surface area contributed by atoms with Crippen LogP contribution in [-0.4, -0.2) is 21.5 Å². The van der Waals surface area contributed by atoms with Gasteiger partial charge in [-0.2, -0.15) is 0 Å². The molecule has 4 nitrogen and oxygen atoms in total. The Morgan fingerprint density at radius 3 is 3.06 bits per heavy atom. The molecule has 4 heteroatoms. The van der Waals surface area contributed by atoms with Gasteiger partial charge in [-0.05, 0) is 25.3 Å². The first kappa shape index (κ1) is 12.6. The van der Waals surface area contributed by atoms with Gasteiger partial charge in [-0.3, -0.25) is 0 Å². The molecule has 0 saturated heterocycles. The Morgan fingerprint density at radius 2 is 2.29 bits per heavy atom. The molecule has 2 atom stereocenters. The predicted octanol–water partition coefficient (Wildman–Crippen LogP) is 2.53. The van der Waals surface area contributed by atoms with Crippen molar-refractivity contribution in [1.82, 2.24) is 20.3 Å². The van der Waals surface area contributed by atoms with Crippen LogP contribution >= 0.6 is 0 Å². The van der Waals surface area contributed by atoms with Crippen molar-refractivity contribution in [3.63, 3.8) is 0 Å². The predicted molar refractivity (Wildman–Crippen MR) is 68.7 cm³/mol. The van der Waals surface area contributed by atoms with Gasteiger partial charge in [-0.1, -0.05) is 38.3 Å². The van der Waals surface area contributed by atoms with Crippen molar-refractivity contribution >= 4 is 0 Å². The highest BCUT2D eigenvalue weighted by atomic mass is 15.4. The summed E-state index contributed by atoms with van der Waals surface area (Å²) in [5, 5.41) is 11.8. The van der Waals surface area contributed by atoms with Crippen LogP contribution in [0.1, 0.15) is 57.7 Å². The van der Waals surface area contributed by atoms with Gasteiger partial charge in [-0.25, -0.2) is 4.68 Å². The Kier molecular flexibility index (Phi) is 4.54. The van der Waals surface area contributed by atoms with Crippen molar-refractivity contribution in [2.75, 3.05) is 6.54 Å².